The van der Waals surface area contributed by atoms with Crippen molar-refractivity contribution in [3.05, 3.63) is 58.4 Å². The van der Waals surface area contributed by atoms with Gasteiger partial charge in [-0.15, -0.1) is 0 Å². The zero-order valence-corrected chi connectivity index (χ0v) is 13.0. The lowest BCUT2D eigenvalue weighted by Gasteiger charge is -2.15. The second-order valence-electron chi connectivity index (χ2n) is 5.16. The molecule has 2 nitrogen and oxygen atoms in total. The van der Waals surface area contributed by atoms with Gasteiger partial charge in [-0.05, 0) is 61.2 Å². The Bertz CT molecular complexity index is 630. The van der Waals surface area contributed by atoms with Gasteiger partial charge in [0.25, 0.3) is 0 Å². The van der Waals surface area contributed by atoms with Crippen molar-refractivity contribution in [2.75, 3.05) is 0 Å². The van der Waals surface area contributed by atoms with Gasteiger partial charge in [0.05, 0.1) is 5.02 Å². The lowest BCUT2D eigenvalue weighted by atomic mass is 10.0. The topological polar surface area (TPSA) is 35.2 Å². The first-order chi connectivity index (χ1) is 9.99. The van der Waals surface area contributed by atoms with Gasteiger partial charge in [0.1, 0.15) is 17.3 Å². The molecule has 0 bridgehead atoms. The molecule has 0 radical (unpaired) electrons. The Morgan fingerprint density at radius 1 is 1.19 bits per heavy atom. The van der Waals surface area contributed by atoms with Crippen molar-refractivity contribution in [3.63, 3.8) is 0 Å². The number of rotatable bonds is 5. The van der Waals surface area contributed by atoms with Crippen LogP contribution in [0.3, 0.4) is 0 Å². The third-order valence-electron chi connectivity index (χ3n) is 3.34. The first-order valence-corrected chi connectivity index (χ1v) is 7.35. The summed E-state index contributed by atoms with van der Waals surface area (Å²) in [6.07, 6.45) is 1.38. The van der Waals surface area contributed by atoms with E-state index >= 15 is 0 Å². The van der Waals surface area contributed by atoms with Gasteiger partial charge in [0.15, 0.2) is 0 Å². The Morgan fingerprint density at radius 2 is 1.95 bits per heavy atom. The molecule has 2 N–H and O–H groups in total. The van der Waals surface area contributed by atoms with Crippen LogP contribution >= 0.6 is 11.6 Å². The molecule has 0 amide bonds. The minimum absolute atomic E-state index is 0.0258. The summed E-state index contributed by atoms with van der Waals surface area (Å²) >= 11 is 6.14. The fraction of sp³-hybridized carbons (Fsp3) is 0.294. The van der Waals surface area contributed by atoms with E-state index in [4.69, 9.17) is 22.1 Å². The molecule has 4 heteroatoms. The molecule has 0 aliphatic heterocycles. The molecule has 2 aromatic carbocycles. The molecule has 0 aliphatic carbocycles. The van der Waals surface area contributed by atoms with Gasteiger partial charge in [0.2, 0.25) is 0 Å². The molecule has 21 heavy (non-hydrogen) atoms. The largest absolute Gasteiger partial charge is 0.456 e. The van der Waals surface area contributed by atoms with Crippen molar-refractivity contribution in [2.45, 2.75) is 32.7 Å². The summed E-state index contributed by atoms with van der Waals surface area (Å²) in [6.45, 7) is 3.96. The van der Waals surface area contributed by atoms with E-state index in [1.165, 1.54) is 12.1 Å². The van der Waals surface area contributed by atoms with Gasteiger partial charge in [0, 0.05) is 6.04 Å². The van der Waals surface area contributed by atoms with Crippen LogP contribution in [0.5, 0.6) is 11.5 Å². The van der Waals surface area contributed by atoms with Crippen molar-refractivity contribution in [3.8, 4) is 11.5 Å². The summed E-state index contributed by atoms with van der Waals surface area (Å²) in [6, 6.07) is 9.98. The Hall–Kier alpha value is -1.58. The number of hydrogen-bond donors (Lipinski definition) is 1. The Morgan fingerprint density at radius 3 is 2.67 bits per heavy atom. The molecule has 0 spiro atoms. The number of hydrogen-bond acceptors (Lipinski definition) is 2. The summed E-state index contributed by atoms with van der Waals surface area (Å²) in [7, 11) is 0. The van der Waals surface area contributed by atoms with Gasteiger partial charge >= 0.3 is 0 Å². The summed E-state index contributed by atoms with van der Waals surface area (Å²) in [4.78, 5) is 0. The summed E-state index contributed by atoms with van der Waals surface area (Å²) in [5.41, 5.74) is 7.76. The van der Waals surface area contributed by atoms with Crippen molar-refractivity contribution in [1.82, 2.24) is 0 Å². The van der Waals surface area contributed by atoms with E-state index < -0.39 is 0 Å². The fourth-order valence-corrected chi connectivity index (χ4v) is 2.20. The average molecular weight is 308 g/mol. The fourth-order valence-electron chi connectivity index (χ4n) is 2.04. The molecule has 112 valence electrons. The zero-order chi connectivity index (χ0) is 15.4. The van der Waals surface area contributed by atoms with Crippen LogP contribution in [0.1, 0.15) is 24.5 Å². The summed E-state index contributed by atoms with van der Waals surface area (Å²) in [5, 5.41) is 0.524. The molecule has 0 fully saturated rings. The van der Waals surface area contributed by atoms with E-state index in [0.29, 0.717) is 22.9 Å². The summed E-state index contributed by atoms with van der Waals surface area (Å²) < 4.78 is 19.3. The first-order valence-electron chi connectivity index (χ1n) is 6.97. The number of aryl methyl sites for hydroxylation is 1. The van der Waals surface area contributed by atoms with E-state index in [2.05, 4.69) is 0 Å². The van der Waals surface area contributed by atoms with Crippen molar-refractivity contribution in [2.24, 2.45) is 5.73 Å². The molecule has 2 rings (SSSR count). The molecule has 1 unspecified atom stereocenters. The van der Waals surface area contributed by atoms with E-state index in [0.717, 1.165) is 17.5 Å². The Labute approximate surface area is 129 Å². The molecule has 0 saturated heterocycles. The second kappa shape index (κ2) is 6.92. The SMILES string of the molecule is CCC(N)Cc1cc(F)ccc1Oc1cc(C)ccc1Cl. The van der Waals surface area contributed by atoms with E-state index in [9.17, 15) is 4.39 Å². The molecule has 0 saturated carbocycles. The van der Waals surface area contributed by atoms with Crippen molar-refractivity contribution < 1.29 is 9.13 Å². The van der Waals surface area contributed by atoms with Gasteiger partial charge < -0.3 is 10.5 Å². The van der Waals surface area contributed by atoms with Crippen LogP contribution < -0.4 is 10.5 Å². The molecule has 1 atom stereocenters. The van der Waals surface area contributed by atoms with Crippen molar-refractivity contribution >= 4 is 11.6 Å². The predicted octanol–water partition coefficient (Wildman–Crippen LogP) is 4.86. The van der Waals surface area contributed by atoms with Gasteiger partial charge in [-0.2, -0.15) is 0 Å². The van der Waals surface area contributed by atoms with Crippen LogP contribution in [-0.4, -0.2) is 6.04 Å². The number of halogens is 2. The lowest BCUT2D eigenvalue weighted by Crippen LogP contribution is -2.21. The zero-order valence-electron chi connectivity index (χ0n) is 12.2. The normalized spacial score (nSPS) is 12.2. The maximum absolute atomic E-state index is 13.5. The first kappa shape index (κ1) is 15.8. The van der Waals surface area contributed by atoms with Crippen molar-refractivity contribution in [1.29, 1.82) is 0 Å². The minimum Gasteiger partial charge on any atom is -0.456 e. The van der Waals surface area contributed by atoms with Crippen LogP contribution in [0.4, 0.5) is 4.39 Å². The van der Waals surface area contributed by atoms with Gasteiger partial charge in [-0.1, -0.05) is 24.6 Å². The van der Waals surface area contributed by atoms with Gasteiger partial charge in [-0.3, -0.25) is 0 Å². The number of nitrogens with two attached hydrogens (primary N) is 1. The van der Waals surface area contributed by atoms with Crippen LogP contribution in [0.2, 0.25) is 5.02 Å². The third kappa shape index (κ3) is 4.19. The molecule has 0 heterocycles. The molecule has 2 aromatic rings. The number of ether oxygens (including phenoxy) is 1. The van der Waals surface area contributed by atoms with E-state index in [1.807, 2.05) is 26.0 Å². The lowest BCUT2D eigenvalue weighted by molar-refractivity contribution is 0.469. The maximum atomic E-state index is 13.5. The highest BCUT2D eigenvalue weighted by Gasteiger charge is 2.12. The Kier molecular flexibility index (Phi) is 5.21. The summed E-state index contributed by atoms with van der Waals surface area (Å²) in [5.74, 6) is 0.860. The maximum Gasteiger partial charge on any atom is 0.146 e. The molecule has 0 aromatic heterocycles. The number of benzene rings is 2. The highest BCUT2D eigenvalue weighted by molar-refractivity contribution is 6.32. The monoisotopic (exact) mass is 307 g/mol. The van der Waals surface area contributed by atoms with Crippen LogP contribution in [0.15, 0.2) is 36.4 Å². The van der Waals surface area contributed by atoms with E-state index in [-0.39, 0.29) is 11.9 Å². The van der Waals surface area contributed by atoms with Crippen LogP contribution in [0, 0.1) is 12.7 Å². The third-order valence-corrected chi connectivity index (χ3v) is 3.65. The van der Waals surface area contributed by atoms with Crippen LogP contribution in [0.25, 0.3) is 0 Å². The van der Waals surface area contributed by atoms with E-state index in [1.54, 1.807) is 12.1 Å². The highest BCUT2D eigenvalue weighted by atomic mass is 35.5. The Balaban J connectivity index is 2.32. The van der Waals surface area contributed by atoms with Crippen LogP contribution in [-0.2, 0) is 6.42 Å². The molecule has 0 aliphatic rings. The average Bonchev–Trinajstić information content (AvgIpc) is 2.45. The molecular formula is C17H19ClFNO. The second-order valence-corrected chi connectivity index (χ2v) is 5.57. The standard InChI is InChI=1S/C17H19ClFNO/c1-3-14(20)10-12-9-13(19)5-7-16(12)21-17-8-11(2)4-6-15(17)18/h4-9,14H,3,10,20H2,1-2H3. The minimum atomic E-state index is -0.295. The van der Waals surface area contributed by atoms with Gasteiger partial charge in [-0.25, -0.2) is 4.39 Å². The smallest absolute Gasteiger partial charge is 0.146 e. The quantitative estimate of drug-likeness (QED) is 0.856. The molecular weight excluding hydrogens is 289 g/mol. The highest BCUT2D eigenvalue weighted by Crippen LogP contribution is 2.32. The predicted molar refractivity (Wildman–Crippen MR) is 84.6 cm³/mol.